The third-order valence-electron chi connectivity index (χ3n) is 5.93. The zero-order valence-electron chi connectivity index (χ0n) is 16.9. The number of rotatable bonds is 8. The molecule has 2 nitrogen and oxygen atoms in total. The molecule has 0 radical (unpaired) electrons. The van der Waals surface area contributed by atoms with Crippen LogP contribution >= 0.6 is 11.6 Å². The molecule has 0 bridgehead atoms. The second-order valence-electron chi connectivity index (χ2n) is 8.06. The van der Waals surface area contributed by atoms with Crippen LogP contribution < -0.4 is 0 Å². The van der Waals surface area contributed by atoms with Crippen LogP contribution in [0, 0.1) is 5.92 Å². The number of aryl methyl sites for hydroxylation is 1. The molecule has 1 amide bonds. The number of piperidine rings is 1. The van der Waals surface area contributed by atoms with Gasteiger partial charge in [-0.25, -0.2) is 0 Å². The highest BCUT2D eigenvalue weighted by Crippen LogP contribution is 2.29. The highest BCUT2D eigenvalue weighted by Gasteiger charge is 2.29. The van der Waals surface area contributed by atoms with Gasteiger partial charge in [0.25, 0.3) is 0 Å². The number of halogens is 1. The summed E-state index contributed by atoms with van der Waals surface area (Å²) < 4.78 is 0. The smallest absolute Gasteiger partial charge is 0.230 e. The molecule has 0 N–H and O–H groups in total. The van der Waals surface area contributed by atoms with E-state index in [0.717, 1.165) is 62.2 Å². The van der Waals surface area contributed by atoms with E-state index in [9.17, 15) is 4.79 Å². The van der Waals surface area contributed by atoms with Crippen molar-refractivity contribution in [3.05, 3.63) is 70.7 Å². The summed E-state index contributed by atoms with van der Waals surface area (Å²) in [7, 11) is 0. The highest BCUT2D eigenvalue weighted by atomic mass is 35.5. The van der Waals surface area contributed by atoms with Gasteiger partial charge in [-0.3, -0.25) is 4.79 Å². The molecule has 1 aliphatic rings. The molecule has 28 heavy (non-hydrogen) atoms. The van der Waals surface area contributed by atoms with Gasteiger partial charge in [0, 0.05) is 18.1 Å². The number of unbranched alkanes of at least 4 members (excludes halogenated alkanes) is 1. The van der Waals surface area contributed by atoms with Crippen molar-refractivity contribution in [2.24, 2.45) is 5.92 Å². The standard InChI is InChI=1S/C25H32ClNO/c1-2-3-11-24(22-14-16-23(26)17-15-22)25(28)27-18-7-10-21(19-27)13-12-20-8-5-4-6-9-20/h4-6,8-9,14-17,21,24H,2-3,7,10-13,18-19H2,1H3. The van der Waals surface area contributed by atoms with Gasteiger partial charge in [0.2, 0.25) is 5.91 Å². The van der Waals surface area contributed by atoms with Crippen LogP contribution in [0.1, 0.15) is 62.5 Å². The Morgan fingerprint density at radius 1 is 1.14 bits per heavy atom. The van der Waals surface area contributed by atoms with Crippen LogP contribution in [-0.2, 0) is 11.2 Å². The molecule has 2 aromatic rings. The van der Waals surface area contributed by atoms with Gasteiger partial charge in [-0.1, -0.05) is 73.8 Å². The van der Waals surface area contributed by atoms with Crippen molar-refractivity contribution in [1.29, 1.82) is 0 Å². The van der Waals surface area contributed by atoms with E-state index in [-0.39, 0.29) is 5.92 Å². The molecule has 1 aliphatic heterocycles. The lowest BCUT2D eigenvalue weighted by Crippen LogP contribution is -2.42. The first kappa shape index (κ1) is 20.9. The molecule has 0 aromatic heterocycles. The first-order valence-corrected chi connectivity index (χ1v) is 11.1. The number of hydrogen-bond acceptors (Lipinski definition) is 1. The molecular weight excluding hydrogens is 366 g/mol. The number of likely N-dealkylation sites (tertiary alicyclic amines) is 1. The van der Waals surface area contributed by atoms with Gasteiger partial charge in [0.1, 0.15) is 0 Å². The Hall–Kier alpha value is -1.80. The number of carbonyl (C=O) groups excluding carboxylic acids is 1. The first-order chi connectivity index (χ1) is 13.7. The lowest BCUT2D eigenvalue weighted by molar-refractivity contribution is -0.134. The van der Waals surface area contributed by atoms with Crippen LogP contribution in [0.25, 0.3) is 0 Å². The van der Waals surface area contributed by atoms with Crippen LogP contribution in [0.3, 0.4) is 0 Å². The second-order valence-corrected chi connectivity index (χ2v) is 8.50. The normalized spacial score (nSPS) is 18.1. The Balaban J connectivity index is 1.63. The molecule has 1 heterocycles. The van der Waals surface area contributed by atoms with Crippen LogP contribution in [0.5, 0.6) is 0 Å². The summed E-state index contributed by atoms with van der Waals surface area (Å²) in [5, 5.41) is 0.726. The topological polar surface area (TPSA) is 20.3 Å². The Morgan fingerprint density at radius 2 is 1.89 bits per heavy atom. The van der Waals surface area contributed by atoms with Gasteiger partial charge in [0.05, 0.1) is 5.92 Å². The van der Waals surface area contributed by atoms with Crippen LogP contribution in [0.2, 0.25) is 5.02 Å². The first-order valence-electron chi connectivity index (χ1n) is 10.8. The van der Waals surface area contributed by atoms with Crippen LogP contribution in [0.4, 0.5) is 0 Å². The highest BCUT2D eigenvalue weighted by molar-refractivity contribution is 6.30. The lowest BCUT2D eigenvalue weighted by atomic mass is 9.88. The molecule has 150 valence electrons. The summed E-state index contributed by atoms with van der Waals surface area (Å²) in [5.74, 6) is 0.875. The predicted molar refractivity (Wildman–Crippen MR) is 118 cm³/mol. The SMILES string of the molecule is CCCCC(C(=O)N1CCCC(CCc2ccccc2)C1)c1ccc(Cl)cc1. The maximum absolute atomic E-state index is 13.4. The fraction of sp³-hybridized carbons (Fsp3) is 0.480. The Kier molecular flexibility index (Phi) is 7.97. The van der Waals surface area contributed by atoms with E-state index in [1.807, 2.05) is 24.3 Å². The maximum atomic E-state index is 13.4. The lowest BCUT2D eigenvalue weighted by Gasteiger charge is -2.35. The molecule has 1 saturated heterocycles. The predicted octanol–water partition coefficient (Wildman–Crippen LogP) is 6.49. The van der Waals surface area contributed by atoms with Gasteiger partial charge in [-0.15, -0.1) is 0 Å². The fourth-order valence-corrected chi connectivity index (χ4v) is 4.40. The molecule has 2 aromatic carbocycles. The van der Waals surface area contributed by atoms with Gasteiger partial charge in [-0.05, 0) is 61.3 Å². The molecule has 0 aliphatic carbocycles. The van der Waals surface area contributed by atoms with E-state index in [1.165, 1.54) is 12.0 Å². The van der Waals surface area contributed by atoms with E-state index in [4.69, 9.17) is 11.6 Å². The molecule has 3 heteroatoms. The number of hydrogen-bond donors (Lipinski definition) is 0. The summed E-state index contributed by atoms with van der Waals surface area (Å²) in [6.45, 7) is 3.99. The van der Waals surface area contributed by atoms with Gasteiger partial charge in [0.15, 0.2) is 0 Å². The van der Waals surface area contributed by atoms with E-state index in [1.54, 1.807) is 0 Å². The van der Waals surface area contributed by atoms with E-state index < -0.39 is 0 Å². The largest absolute Gasteiger partial charge is 0.342 e. The zero-order chi connectivity index (χ0) is 19.8. The quantitative estimate of drug-likeness (QED) is 0.498. The Bertz CT molecular complexity index is 728. The van der Waals surface area contributed by atoms with Gasteiger partial charge in [-0.2, -0.15) is 0 Å². The maximum Gasteiger partial charge on any atom is 0.230 e. The Morgan fingerprint density at radius 3 is 2.61 bits per heavy atom. The van der Waals surface area contributed by atoms with E-state index >= 15 is 0 Å². The summed E-state index contributed by atoms with van der Waals surface area (Å²) in [6, 6.07) is 18.5. The fourth-order valence-electron chi connectivity index (χ4n) is 4.27. The molecular formula is C25H32ClNO. The van der Waals surface area contributed by atoms with Crippen molar-refractivity contribution in [3.8, 4) is 0 Å². The average Bonchev–Trinajstić information content (AvgIpc) is 2.74. The monoisotopic (exact) mass is 397 g/mol. The summed E-state index contributed by atoms with van der Waals surface area (Å²) in [5.41, 5.74) is 2.50. The number of nitrogens with zero attached hydrogens (tertiary/aromatic N) is 1. The summed E-state index contributed by atoms with van der Waals surface area (Å²) in [6.07, 6.45) is 7.71. The number of carbonyl (C=O) groups is 1. The van der Waals surface area contributed by atoms with E-state index in [0.29, 0.717) is 11.8 Å². The number of benzene rings is 2. The molecule has 0 spiro atoms. The number of amides is 1. The van der Waals surface area contributed by atoms with E-state index in [2.05, 4.69) is 42.2 Å². The zero-order valence-corrected chi connectivity index (χ0v) is 17.7. The van der Waals surface area contributed by atoms with Crippen molar-refractivity contribution in [3.63, 3.8) is 0 Å². The minimum absolute atomic E-state index is 0.0370. The average molecular weight is 398 g/mol. The minimum Gasteiger partial charge on any atom is -0.342 e. The molecule has 2 unspecified atom stereocenters. The van der Waals surface area contributed by atoms with Crippen molar-refractivity contribution in [2.45, 2.75) is 57.8 Å². The van der Waals surface area contributed by atoms with Gasteiger partial charge < -0.3 is 4.90 Å². The third kappa shape index (κ3) is 5.85. The molecule has 2 atom stereocenters. The van der Waals surface area contributed by atoms with Crippen LogP contribution in [0.15, 0.2) is 54.6 Å². The van der Waals surface area contributed by atoms with Crippen molar-refractivity contribution >= 4 is 17.5 Å². The van der Waals surface area contributed by atoms with Crippen molar-refractivity contribution < 1.29 is 4.79 Å². The third-order valence-corrected chi connectivity index (χ3v) is 6.18. The second kappa shape index (κ2) is 10.7. The minimum atomic E-state index is -0.0370. The molecule has 1 fully saturated rings. The molecule has 0 saturated carbocycles. The van der Waals surface area contributed by atoms with Gasteiger partial charge >= 0.3 is 0 Å². The molecule has 3 rings (SSSR count). The van der Waals surface area contributed by atoms with Crippen LogP contribution in [-0.4, -0.2) is 23.9 Å². The summed E-state index contributed by atoms with van der Waals surface area (Å²) >= 11 is 6.06. The Labute approximate surface area is 174 Å². The van der Waals surface area contributed by atoms with Crippen molar-refractivity contribution in [2.75, 3.05) is 13.1 Å². The summed E-state index contributed by atoms with van der Waals surface area (Å²) in [4.78, 5) is 15.5. The van der Waals surface area contributed by atoms with Crippen molar-refractivity contribution in [1.82, 2.24) is 4.90 Å².